The zero-order valence-corrected chi connectivity index (χ0v) is 16.7. The second kappa shape index (κ2) is 7.92. The van der Waals surface area contributed by atoms with E-state index in [1.54, 1.807) is 24.3 Å². The SMILES string of the molecule is O=C(NCCC1CC2CCC1C2)C1CCN(S(=O)(=O)c2ccccc2)CC1. The van der Waals surface area contributed by atoms with Crippen LogP contribution in [0.15, 0.2) is 35.2 Å². The first kappa shape index (κ1) is 18.9. The van der Waals surface area contributed by atoms with E-state index in [0.29, 0.717) is 30.8 Å². The number of nitrogens with zero attached hydrogens (tertiary/aromatic N) is 1. The molecule has 1 amide bonds. The summed E-state index contributed by atoms with van der Waals surface area (Å²) in [7, 11) is -3.44. The summed E-state index contributed by atoms with van der Waals surface area (Å²) in [5.41, 5.74) is 0. The van der Waals surface area contributed by atoms with Gasteiger partial charge < -0.3 is 5.32 Å². The molecule has 0 spiro atoms. The first-order valence-corrected chi connectivity index (χ1v) is 11.8. The van der Waals surface area contributed by atoms with E-state index in [-0.39, 0.29) is 11.8 Å². The quantitative estimate of drug-likeness (QED) is 0.812. The highest BCUT2D eigenvalue weighted by Gasteiger charge is 2.39. The number of piperidine rings is 1. The van der Waals surface area contributed by atoms with Crippen molar-refractivity contribution < 1.29 is 13.2 Å². The van der Waals surface area contributed by atoms with Crippen molar-refractivity contribution in [3.8, 4) is 0 Å². The highest BCUT2D eigenvalue weighted by Crippen LogP contribution is 2.49. The number of carbonyl (C=O) groups is 1. The molecular formula is C21H30N2O3S. The van der Waals surface area contributed by atoms with Gasteiger partial charge in [0.25, 0.3) is 0 Å². The molecule has 1 aromatic rings. The van der Waals surface area contributed by atoms with E-state index in [1.807, 2.05) is 6.07 Å². The van der Waals surface area contributed by atoms with E-state index >= 15 is 0 Å². The van der Waals surface area contributed by atoms with Gasteiger partial charge in [-0.15, -0.1) is 0 Å². The monoisotopic (exact) mass is 390 g/mol. The molecule has 5 nitrogen and oxygen atoms in total. The number of nitrogens with one attached hydrogen (secondary N) is 1. The molecule has 6 heteroatoms. The Hall–Kier alpha value is -1.40. The Balaban J connectivity index is 1.22. The Bertz CT molecular complexity index is 757. The van der Waals surface area contributed by atoms with E-state index in [1.165, 1.54) is 30.0 Å². The molecule has 3 unspecified atom stereocenters. The van der Waals surface area contributed by atoms with E-state index in [0.717, 1.165) is 30.7 Å². The number of hydrogen-bond acceptors (Lipinski definition) is 3. The molecule has 1 N–H and O–H groups in total. The predicted octanol–water partition coefficient (Wildman–Crippen LogP) is 3.03. The summed E-state index contributed by atoms with van der Waals surface area (Å²) in [4.78, 5) is 12.8. The Kier molecular flexibility index (Phi) is 5.55. The molecule has 1 aliphatic heterocycles. The van der Waals surface area contributed by atoms with Crippen molar-refractivity contribution in [2.75, 3.05) is 19.6 Å². The van der Waals surface area contributed by atoms with Crippen LogP contribution in [0.5, 0.6) is 0 Å². The highest BCUT2D eigenvalue weighted by molar-refractivity contribution is 7.89. The van der Waals surface area contributed by atoms with Crippen molar-refractivity contribution in [1.29, 1.82) is 0 Å². The molecule has 1 aromatic carbocycles. The maximum atomic E-state index is 12.7. The molecule has 27 heavy (non-hydrogen) atoms. The van der Waals surface area contributed by atoms with Crippen LogP contribution < -0.4 is 5.32 Å². The summed E-state index contributed by atoms with van der Waals surface area (Å²) in [5.74, 6) is 2.70. The number of rotatable bonds is 6. The maximum Gasteiger partial charge on any atom is 0.243 e. The summed E-state index contributed by atoms with van der Waals surface area (Å²) in [6.07, 6.45) is 7.88. The predicted molar refractivity (Wildman–Crippen MR) is 104 cm³/mol. The third-order valence-electron chi connectivity index (χ3n) is 6.90. The number of carbonyl (C=O) groups excluding carboxylic acids is 1. The van der Waals surface area contributed by atoms with Crippen LogP contribution >= 0.6 is 0 Å². The van der Waals surface area contributed by atoms with Crippen LogP contribution in [-0.2, 0) is 14.8 Å². The first-order chi connectivity index (χ1) is 13.0. The molecule has 2 aliphatic carbocycles. The molecule has 4 rings (SSSR count). The largest absolute Gasteiger partial charge is 0.356 e. The lowest BCUT2D eigenvalue weighted by Gasteiger charge is -2.30. The minimum absolute atomic E-state index is 0.0627. The molecule has 2 bridgehead atoms. The Morgan fingerprint density at radius 3 is 2.41 bits per heavy atom. The van der Waals surface area contributed by atoms with Crippen LogP contribution in [0.2, 0.25) is 0 Å². The number of hydrogen-bond donors (Lipinski definition) is 1. The van der Waals surface area contributed by atoms with Gasteiger partial charge in [0.1, 0.15) is 0 Å². The van der Waals surface area contributed by atoms with Gasteiger partial charge in [-0.3, -0.25) is 4.79 Å². The third-order valence-corrected chi connectivity index (χ3v) is 8.82. The summed E-state index contributed by atoms with van der Waals surface area (Å²) >= 11 is 0. The lowest BCUT2D eigenvalue weighted by molar-refractivity contribution is -0.126. The second-order valence-electron chi connectivity index (χ2n) is 8.51. The second-order valence-corrected chi connectivity index (χ2v) is 10.4. The topological polar surface area (TPSA) is 66.5 Å². The maximum absolute atomic E-state index is 12.7. The fourth-order valence-electron chi connectivity index (χ4n) is 5.35. The molecule has 0 aromatic heterocycles. The summed E-state index contributed by atoms with van der Waals surface area (Å²) in [6.45, 7) is 1.61. The Morgan fingerprint density at radius 1 is 1.04 bits per heavy atom. The molecule has 3 atom stereocenters. The van der Waals surface area contributed by atoms with Crippen LogP contribution in [0.3, 0.4) is 0 Å². The lowest BCUT2D eigenvalue weighted by atomic mass is 9.86. The van der Waals surface area contributed by atoms with Gasteiger partial charge in [0, 0.05) is 25.6 Å². The highest BCUT2D eigenvalue weighted by atomic mass is 32.2. The minimum atomic E-state index is -3.44. The van der Waals surface area contributed by atoms with Crippen molar-refractivity contribution >= 4 is 15.9 Å². The number of sulfonamides is 1. The van der Waals surface area contributed by atoms with Crippen molar-refractivity contribution in [2.45, 2.75) is 49.8 Å². The molecule has 3 aliphatic rings. The minimum Gasteiger partial charge on any atom is -0.356 e. The smallest absolute Gasteiger partial charge is 0.243 e. The summed E-state index contributed by atoms with van der Waals surface area (Å²) < 4.78 is 26.9. The van der Waals surface area contributed by atoms with Gasteiger partial charge in [-0.2, -0.15) is 4.31 Å². The van der Waals surface area contributed by atoms with Gasteiger partial charge in [0.2, 0.25) is 15.9 Å². The van der Waals surface area contributed by atoms with Gasteiger partial charge in [0.15, 0.2) is 0 Å². The third kappa shape index (κ3) is 4.06. The van der Waals surface area contributed by atoms with Gasteiger partial charge in [-0.05, 0) is 68.4 Å². The lowest BCUT2D eigenvalue weighted by Crippen LogP contribution is -2.43. The first-order valence-electron chi connectivity index (χ1n) is 10.4. The number of fused-ring (bicyclic) bond motifs is 2. The van der Waals surface area contributed by atoms with Gasteiger partial charge >= 0.3 is 0 Å². The van der Waals surface area contributed by atoms with Crippen LogP contribution in [0.4, 0.5) is 0 Å². The van der Waals surface area contributed by atoms with Crippen LogP contribution in [0.25, 0.3) is 0 Å². The van der Waals surface area contributed by atoms with Crippen LogP contribution in [0, 0.1) is 23.7 Å². The molecule has 148 valence electrons. The van der Waals surface area contributed by atoms with Gasteiger partial charge in [0.05, 0.1) is 4.90 Å². The van der Waals surface area contributed by atoms with Crippen molar-refractivity contribution in [3.63, 3.8) is 0 Å². The Morgan fingerprint density at radius 2 is 1.78 bits per heavy atom. The standard InChI is InChI=1S/C21H30N2O3S/c24-21(22-11-8-19-15-16-6-7-18(19)14-16)17-9-12-23(13-10-17)27(25,26)20-4-2-1-3-5-20/h1-5,16-19H,6-15H2,(H,22,24). The normalized spacial score (nSPS) is 29.1. The molecule has 1 heterocycles. The molecule has 2 saturated carbocycles. The van der Waals surface area contributed by atoms with E-state index < -0.39 is 10.0 Å². The van der Waals surface area contributed by atoms with Crippen LogP contribution in [-0.4, -0.2) is 38.3 Å². The fourth-order valence-corrected chi connectivity index (χ4v) is 6.85. The zero-order chi connectivity index (χ0) is 18.9. The van der Waals surface area contributed by atoms with E-state index in [9.17, 15) is 13.2 Å². The van der Waals surface area contributed by atoms with Crippen molar-refractivity contribution in [3.05, 3.63) is 30.3 Å². The van der Waals surface area contributed by atoms with Crippen molar-refractivity contribution in [1.82, 2.24) is 9.62 Å². The van der Waals surface area contributed by atoms with Crippen LogP contribution in [0.1, 0.15) is 44.9 Å². The van der Waals surface area contributed by atoms with Crippen molar-refractivity contribution in [2.24, 2.45) is 23.7 Å². The number of amides is 1. The Labute approximate surface area is 162 Å². The average molecular weight is 391 g/mol. The summed E-state index contributed by atoms with van der Waals surface area (Å²) in [6, 6.07) is 8.55. The van der Waals surface area contributed by atoms with Gasteiger partial charge in [-0.25, -0.2) is 8.42 Å². The molecule has 0 radical (unpaired) electrons. The average Bonchev–Trinajstić information content (AvgIpc) is 3.32. The summed E-state index contributed by atoms with van der Waals surface area (Å²) in [5, 5.41) is 3.12. The zero-order valence-electron chi connectivity index (χ0n) is 15.8. The fraction of sp³-hybridized carbons (Fsp3) is 0.667. The molecule has 1 saturated heterocycles. The molecule has 3 fully saturated rings. The van der Waals surface area contributed by atoms with E-state index in [4.69, 9.17) is 0 Å². The van der Waals surface area contributed by atoms with E-state index in [2.05, 4.69) is 5.32 Å². The van der Waals surface area contributed by atoms with Gasteiger partial charge in [-0.1, -0.05) is 24.6 Å². The number of benzene rings is 1. The molecular weight excluding hydrogens is 360 g/mol.